The summed E-state index contributed by atoms with van der Waals surface area (Å²) < 4.78 is 25.4. The van der Waals surface area contributed by atoms with Crippen LogP contribution in [0.2, 0.25) is 5.02 Å². The Morgan fingerprint density at radius 1 is 1.36 bits per heavy atom. The Morgan fingerprint density at radius 2 is 2.22 bits per heavy atom. The molecule has 0 bridgehead atoms. The van der Waals surface area contributed by atoms with Crippen LogP contribution in [0.4, 0.5) is 10.2 Å². The van der Waals surface area contributed by atoms with Crippen molar-refractivity contribution in [1.29, 1.82) is 0 Å². The molecule has 2 atom stereocenters. The lowest BCUT2D eigenvalue weighted by atomic mass is 10.1. The molecule has 5 rings (SSSR count). The summed E-state index contributed by atoms with van der Waals surface area (Å²) >= 11 is 6.38. The van der Waals surface area contributed by atoms with Crippen LogP contribution in [0.3, 0.4) is 0 Å². The molecule has 190 valence electrons. The maximum absolute atomic E-state index is 14.6. The number of aliphatic hydroxyl groups excluding tert-OH is 1. The molecule has 2 aliphatic heterocycles. The first-order chi connectivity index (χ1) is 17.4. The highest BCUT2D eigenvalue weighted by Gasteiger charge is 2.31. The number of halogens is 2. The van der Waals surface area contributed by atoms with Crippen molar-refractivity contribution in [3.8, 4) is 11.6 Å². The fourth-order valence-corrected chi connectivity index (χ4v) is 4.81. The number of β-amino-alcohol motifs (C(OH)–C–C–N with tert-alkyl or cyclic N) is 1. The molecule has 5 heterocycles. The van der Waals surface area contributed by atoms with Gasteiger partial charge in [-0.15, -0.1) is 0 Å². The van der Waals surface area contributed by atoms with E-state index in [-0.39, 0.29) is 11.7 Å². The predicted molar refractivity (Wildman–Crippen MR) is 135 cm³/mol. The quantitative estimate of drug-likeness (QED) is 0.418. The van der Waals surface area contributed by atoms with Gasteiger partial charge in [0.05, 0.1) is 41.2 Å². The Kier molecular flexibility index (Phi) is 7.20. The Labute approximate surface area is 213 Å². The zero-order valence-corrected chi connectivity index (χ0v) is 20.7. The lowest BCUT2D eigenvalue weighted by molar-refractivity contribution is 0.140. The lowest BCUT2D eigenvalue weighted by Crippen LogP contribution is -2.30. The second-order valence-corrected chi connectivity index (χ2v) is 9.46. The van der Waals surface area contributed by atoms with E-state index in [4.69, 9.17) is 21.1 Å². The number of rotatable bonds is 8. The molecule has 0 amide bonds. The largest absolute Gasteiger partial charge is 0.483 e. The Morgan fingerprint density at radius 3 is 3.06 bits per heavy atom. The number of pyridine rings is 3. The van der Waals surface area contributed by atoms with Crippen molar-refractivity contribution >= 4 is 28.5 Å². The summed E-state index contributed by atoms with van der Waals surface area (Å²) in [6.07, 6.45) is 1.20. The van der Waals surface area contributed by atoms with Crippen LogP contribution in [0.1, 0.15) is 11.3 Å². The first-order valence-corrected chi connectivity index (χ1v) is 12.2. The Balaban J connectivity index is 1.17. The summed E-state index contributed by atoms with van der Waals surface area (Å²) in [7, 11) is 1.53. The van der Waals surface area contributed by atoms with Gasteiger partial charge in [0.1, 0.15) is 12.4 Å². The van der Waals surface area contributed by atoms with Crippen LogP contribution in [-0.4, -0.2) is 71.0 Å². The molecule has 0 aromatic carbocycles. The van der Waals surface area contributed by atoms with Crippen LogP contribution < -0.4 is 20.1 Å². The number of hydrogen-bond donors (Lipinski definition) is 3. The number of methoxy groups -OCH3 is 1. The first-order valence-electron chi connectivity index (χ1n) is 11.8. The van der Waals surface area contributed by atoms with Crippen molar-refractivity contribution in [2.75, 3.05) is 45.2 Å². The summed E-state index contributed by atoms with van der Waals surface area (Å²) in [5.74, 6) is 1.26. The highest BCUT2D eigenvalue weighted by atomic mass is 35.5. The molecule has 3 aromatic heterocycles. The number of likely N-dealkylation sites (tertiary alicyclic amines) is 1. The molecule has 0 radical (unpaired) electrons. The van der Waals surface area contributed by atoms with E-state index in [0.717, 1.165) is 5.70 Å². The number of anilines is 1. The minimum absolute atomic E-state index is 0.0277. The molecule has 3 aromatic rings. The van der Waals surface area contributed by atoms with Gasteiger partial charge in [-0.25, -0.2) is 14.4 Å². The number of fused-ring (bicyclic) bond motifs is 2. The van der Waals surface area contributed by atoms with Gasteiger partial charge in [0.15, 0.2) is 11.6 Å². The van der Waals surface area contributed by atoms with E-state index < -0.39 is 6.10 Å². The standard InChI is InChI=1S/C25H28ClFN6O3/c1-14-13-36-22-7-17(26)20(31-25(22)30-14)10-28-8-15-11-33(12-21(15)34)6-5-16-18(27)9-29-19-3-4-23(35-2)32-24(16)19/h3-4,7,9,15,21,28,34H,1,5-6,8,10-13H2,2H3,(H,30,31). The SMILES string of the molecule is C=C1COc2cc(Cl)c(CNCC3CN(CCc4c(F)cnc5ccc(OC)nc45)CC3O)nc2N1. The second kappa shape index (κ2) is 10.5. The number of nitrogens with zero attached hydrogens (tertiary/aromatic N) is 4. The van der Waals surface area contributed by atoms with Gasteiger partial charge >= 0.3 is 0 Å². The van der Waals surface area contributed by atoms with E-state index in [1.807, 2.05) is 0 Å². The van der Waals surface area contributed by atoms with Crippen molar-refractivity contribution < 1.29 is 19.0 Å². The second-order valence-electron chi connectivity index (χ2n) is 9.05. The van der Waals surface area contributed by atoms with Gasteiger partial charge in [0.2, 0.25) is 5.88 Å². The number of aliphatic hydroxyl groups is 1. The number of hydrogen-bond acceptors (Lipinski definition) is 9. The summed E-state index contributed by atoms with van der Waals surface area (Å²) in [6.45, 7) is 7.10. The Hall–Kier alpha value is -3.05. The molecule has 1 saturated heterocycles. The third-order valence-electron chi connectivity index (χ3n) is 6.52. The summed E-state index contributed by atoms with van der Waals surface area (Å²) in [6, 6.07) is 5.23. The fourth-order valence-electron chi connectivity index (χ4n) is 4.60. The average Bonchev–Trinajstić information content (AvgIpc) is 3.22. The molecule has 11 heteroatoms. The van der Waals surface area contributed by atoms with Crippen LogP contribution in [-0.2, 0) is 13.0 Å². The highest BCUT2D eigenvalue weighted by molar-refractivity contribution is 6.31. The van der Waals surface area contributed by atoms with Gasteiger partial charge in [-0.1, -0.05) is 18.2 Å². The molecule has 36 heavy (non-hydrogen) atoms. The van der Waals surface area contributed by atoms with Crippen molar-refractivity contribution in [3.05, 3.63) is 58.8 Å². The van der Waals surface area contributed by atoms with Crippen molar-refractivity contribution in [2.24, 2.45) is 5.92 Å². The minimum atomic E-state index is -0.486. The van der Waals surface area contributed by atoms with E-state index in [1.165, 1.54) is 13.3 Å². The topological polar surface area (TPSA) is 105 Å². The van der Waals surface area contributed by atoms with Crippen LogP contribution in [0.15, 0.2) is 36.7 Å². The van der Waals surface area contributed by atoms with Crippen LogP contribution in [0.25, 0.3) is 11.0 Å². The van der Waals surface area contributed by atoms with Crippen molar-refractivity contribution in [2.45, 2.75) is 19.1 Å². The molecule has 2 unspecified atom stereocenters. The third-order valence-corrected chi connectivity index (χ3v) is 6.85. The monoisotopic (exact) mass is 514 g/mol. The minimum Gasteiger partial charge on any atom is -0.483 e. The number of nitrogens with one attached hydrogen (secondary N) is 2. The first kappa shape index (κ1) is 24.6. The predicted octanol–water partition coefficient (Wildman–Crippen LogP) is 2.77. The van der Waals surface area contributed by atoms with E-state index in [0.29, 0.717) is 90.5 Å². The third kappa shape index (κ3) is 5.22. The van der Waals surface area contributed by atoms with Crippen LogP contribution >= 0.6 is 11.6 Å². The van der Waals surface area contributed by atoms with Gasteiger partial charge in [-0.05, 0) is 12.5 Å². The lowest BCUT2D eigenvalue weighted by Gasteiger charge is -2.21. The van der Waals surface area contributed by atoms with E-state index in [9.17, 15) is 9.50 Å². The number of ether oxygens (including phenoxy) is 2. The zero-order chi connectivity index (χ0) is 25.2. The highest BCUT2D eigenvalue weighted by Crippen LogP contribution is 2.32. The van der Waals surface area contributed by atoms with Gasteiger partial charge in [-0.2, -0.15) is 0 Å². The van der Waals surface area contributed by atoms with Crippen LogP contribution in [0.5, 0.6) is 11.6 Å². The molecular weight excluding hydrogens is 487 g/mol. The summed E-state index contributed by atoms with van der Waals surface area (Å²) in [4.78, 5) is 15.2. The molecule has 0 aliphatic carbocycles. The molecule has 0 spiro atoms. The van der Waals surface area contributed by atoms with Gasteiger partial charge < -0.3 is 30.1 Å². The molecule has 3 N–H and O–H groups in total. The smallest absolute Gasteiger partial charge is 0.213 e. The zero-order valence-electron chi connectivity index (χ0n) is 19.9. The number of aromatic nitrogens is 3. The normalized spacial score (nSPS) is 19.7. The fraction of sp³-hybridized carbons (Fsp3) is 0.400. The summed E-state index contributed by atoms with van der Waals surface area (Å²) in [5, 5.41) is 17.6. The maximum atomic E-state index is 14.6. The van der Waals surface area contributed by atoms with E-state index in [2.05, 4.69) is 37.1 Å². The Bertz CT molecular complexity index is 1290. The van der Waals surface area contributed by atoms with Gasteiger partial charge in [0, 0.05) is 62.0 Å². The molecule has 1 fully saturated rings. The van der Waals surface area contributed by atoms with E-state index in [1.54, 1.807) is 18.2 Å². The van der Waals surface area contributed by atoms with Crippen molar-refractivity contribution in [3.63, 3.8) is 0 Å². The van der Waals surface area contributed by atoms with Gasteiger partial charge in [0.25, 0.3) is 0 Å². The van der Waals surface area contributed by atoms with Crippen LogP contribution in [0, 0.1) is 11.7 Å². The van der Waals surface area contributed by atoms with Gasteiger partial charge in [-0.3, -0.25) is 4.98 Å². The van der Waals surface area contributed by atoms with E-state index >= 15 is 0 Å². The van der Waals surface area contributed by atoms with Crippen molar-refractivity contribution in [1.82, 2.24) is 25.2 Å². The average molecular weight is 515 g/mol. The molecular formula is C25H28ClFN6O3. The maximum Gasteiger partial charge on any atom is 0.213 e. The molecule has 2 aliphatic rings. The summed E-state index contributed by atoms with van der Waals surface area (Å²) in [5.41, 5.74) is 3.05. The molecule has 9 nitrogen and oxygen atoms in total. The molecule has 0 saturated carbocycles.